The fourth-order valence-corrected chi connectivity index (χ4v) is 6.80. The Morgan fingerprint density at radius 1 is 0.618 bits per heavy atom. The van der Waals surface area contributed by atoms with Crippen LogP contribution in [0.5, 0.6) is 0 Å². The van der Waals surface area contributed by atoms with E-state index in [0.29, 0.717) is 12.8 Å². The van der Waals surface area contributed by atoms with E-state index in [1.807, 2.05) is 12.2 Å². The molecule has 9 heteroatoms. The molecule has 0 aromatic carbocycles. The summed E-state index contributed by atoms with van der Waals surface area (Å²) in [6.45, 7) is 4.03. The summed E-state index contributed by atoms with van der Waals surface area (Å²) in [6.07, 6.45) is 53.5. The van der Waals surface area contributed by atoms with E-state index in [1.54, 1.807) is 0 Å². The zero-order valence-corrected chi connectivity index (χ0v) is 36.0. The lowest BCUT2D eigenvalue weighted by molar-refractivity contribution is -0.123. The molecule has 0 aromatic heterocycles. The van der Waals surface area contributed by atoms with Gasteiger partial charge in [-0.05, 0) is 51.4 Å². The van der Waals surface area contributed by atoms with Crippen molar-refractivity contribution in [3.63, 3.8) is 0 Å². The molecular formula is C46H83N2O6P. The molecule has 0 saturated carbocycles. The molecule has 0 spiro atoms. The van der Waals surface area contributed by atoms with Gasteiger partial charge in [0.15, 0.2) is 0 Å². The maximum Gasteiger partial charge on any atom is 0.472 e. The van der Waals surface area contributed by atoms with Crippen LogP contribution in [-0.4, -0.2) is 47.8 Å². The number of aliphatic hydroxyl groups excluding tert-OH is 1. The van der Waals surface area contributed by atoms with Crippen molar-refractivity contribution in [2.75, 3.05) is 19.8 Å². The second-order valence-electron chi connectivity index (χ2n) is 14.5. The highest BCUT2D eigenvalue weighted by Crippen LogP contribution is 2.43. The molecule has 3 atom stereocenters. The molecule has 0 aliphatic rings. The van der Waals surface area contributed by atoms with Gasteiger partial charge in [-0.2, -0.15) is 0 Å². The predicted octanol–water partition coefficient (Wildman–Crippen LogP) is 12.4. The van der Waals surface area contributed by atoms with Crippen LogP contribution in [0.2, 0.25) is 0 Å². The zero-order valence-electron chi connectivity index (χ0n) is 35.1. The highest BCUT2D eigenvalue weighted by Gasteiger charge is 2.27. The summed E-state index contributed by atoms with van der Waals surface area (Å²) >= 11 is 0. The lowest BCUT2D eigenvalue weighted by Gasteiger charge is -2.25. The lowest BCUT2D eigenvalue weighted by Crippen LogP contribution is -2.46. The summed E-state index contributed by atoms with van der Waals surface area (Å²) in [7, 11) is -4.34. The number of unbranched alkanes of at least 4 members (excludes halogenated alkanes) is 16. The molecule has 0 heterocycles. The number of phosphoric acid groups is 1. The van der Waals surface area contributed by atoms with Crippen LogP contribution in [0.25, 0.3) is 0 Å². The SMILES string of the molecule is CC/C=C\C/C=C\C/C=C\C/C=C\C/C=C\C/C=C\CCC(=O)NC(COP(=O)(O)OCCN)C(O)CCCCCCCCCCCCCCCCCCC. The van der Waals surface area contributed by atoms with Crippen LogP contribution in [-0.2, 0) is 18.4 Å². The lowest BCUT2D eigenvalue weighted by atomic mass is 10.0. The second-order valence-corrected chi connectivity index (χ2v) is 16.0. The maximum absolute atomic E-state index is 12.7. The van der Waals surface area contributed by atoms with Gasteiger partial charge in [0.25, 0.3) is 0 Å². The first-order chi connectivity index (χ1) is 26.9. The normalized spacial score (nSPS) is 14.8. The number of rotatable bonds is 40. The van der Waals surface area contributed by atoms with E-state index < -0.39 is 20.0 Å². The Labute approximate surface area is 337 Å². The maximum atomic E-state index is 12.7. The minimum absolute atomic E-state index is 0.0740. The molecule has 318 valence electrons. The average molecular weight is 791 g/mol. The number of hydrogen-bond donors (Lipinski definition) is 4. The Kier molecular flexibility index (Phi) is 40.0. The number of carbonyl (C=O) groups is 1. The molecule has 5 N–H and O–H groups in total. The molecule has 8 nitrogen and oxygen atoms in total. The largest absolute Gasteiger partial charge is 0.472 e. The van der Waals surface area contributed by atoms with Gasteiger partial charge in [-0.15, -0.1) is 0 Å². The van der Waals surface area contributed by atoms with Crippen molar-refractivity contribution in [2.24, 2.45) is 5.73 Å². The first-order valence-corrected chi connectivity index (χ1v) is 23.5. The quantitative estimate of drug-likeness (QED) is 0.0276. The zero-order chi connectivity index (χ0) is 40.3. The van der Waals surface area contributed by atoms with Gasteiger partial charge in [0.05, 0.1) is 25.4 Å². The number of allylic oxidation sites excluding steroid dienone is 12. The molecule has 1 amide bonds. The van der Waals surface area contributed by atoms with Crippen molar-refractivity contribution in [3.8, 4) is 0 Å². The van der Waals surface area contributed by atoms with Gasteiger partial charge in [-0.25, -0.2) is 4.57 Å². The molecule has 0 aliphatic carbocycles. The summed E-state index contributed by atoms with van der Waals surface area (Å²) in [4.78, 5) is 22.7. The van der Waals surface area contributed by atoms with Gasteiger partial charge in [-0.3, -0.25) is 13.8 Å². The van der Waals surface area contributed by atoms with Crippen LogP contribution < -0.4 is 11.1 Å². The van der Waals surface area contributed by atoms with Crippen molar-refractivity contribution < 1.29 is 28.4 Å². The summed E-state index contributed by atoms with van der Waals surface area (Å²) in [5.74, 6) is -0.245. The van der Waals surface area contributed by atoms with Crippen molar-refractivity contribution >= 4 is 13.7 Å². The summed E-state index contributed by atoms with van der Waals surface area (Å²) < 4.78 is 22.2. The first kappa shape index (κ1) is 52.9. The standard InChI is InChI=1S/C46H83N2O6P/c1-3-5-7-9-11-13-15-17-19-21-22-24-26-28-30-32-34-36-38-40-46(50)48-44(43-54-55(51,52)53-42-41-47)45(49)39-37-35-33-31-29-27-25-23-20-18-16-14-12-10-8-6-4-2/h5,7,11,13,17,19,22,24,28,30,34,36,44-45,49H,3-4,6,8-10,12,14-16,18,20-21,23,25-27,29,31-33,35,37-43,47H2,1-2H3,(H,48,50)(H,51,52)/b7-5-,13-11-,19-17-,24-22-,30-28-,36-34-. The Bertz CT molecular complexity index is 1090. The molecular weight excluding hydrogens is 707 g/mol. The molecule has 0 rings (SSSR count). The van der Waals surface area contributed by atoms with Gasteiger partial charge in [-0.1, -0.05) is 196 Å². The Balaban J connectivity index is 4.30. The van der Waals surface area contributed by atoms with Gasteiger partial charge in [0.1, 0.15) is 0 Å². The monoisotopic (exact) mass is 791 g/mol. The van der Waals surface area contributed by atoms with E-state index in [0.717, 1.165) is 57.8 Å². The highest BCUT2D eigenvalue weighted by molar-refractivity contribution is 7.47. The summed E-state index contributed by atoms with van der Waals surface area (Å²) in [6, 6.07) is -0.819. The first-order valence-electron chi connectivity index (χ1n) is 22.1. The van der Waals surface area contributed by atoms with E-state index in [2.05, 4.69) is 79.9 Å². The van der Waals surface area contributed by atoms with Crippen molar-refractivity contribution in [1.82, 2.24) is 5.32 Å². The van der Waals surface area contributed by atoms with Crippen LogP contribution in [0, 0.1) is 0 Å². The predicted molar refractivity (Wildman–Crippen MR) is 235 cm³/mol. The third kappa shape index (κ3) is 40.0. The van der Waals surface area contributed by atoms with Crippen LogP contribution in [0.1, 0.15) is 181 Å². The third-order valence-corrected chi connectivity index (χ3v) is 10.3. The van der Waals surface area contributed by atoms with Crippen molar-refractivity contribution in [3.05, 3.63) is 72.9 Å². The number of hydrogen-bond acceptors (Lipinski definition) is 6. The number of aliphatic hydroxyl groups is 1. The van der Waals surface area contributed by atoms with Gasteiger partial charge < -0.3 is 21.1 Å². The summed E-state index contributed by atoms with van der Waals surface area (Å²) in [5, 5.41) is 13.7. The van der Waals surface area contributed by atoms with Crippen molar-refractivity contribution in [1.29, 1.82) is 0 Å². The molecule has 55 heavy (non-hydrogen) atoms. The Morgan fingerprint density at radius 2 is 1.02 bits per heavy atom. The molecule has 0 bridgehead atoms. The topological polar surface area (TPSA) is 131 Å². The van der Waals surface area contributed by atoms with E-state index in [4.69, 9.17) is 14.8 Å². The van der Waals surface area contributed by atoms with Gasteiger partial charge in [0, 0.05) is 13.0 Å². The number of phosphoric ester groups is 1. The van der Waals surface area contributed by atoms with E-state index in [-0.39, 0.29) is 32.1 Å². The fraction of sp³-hybridized carbons (Fsp3) is 0.717. The molecule has 3 unspecified atom stereocenters. The second kappa shape index (κ2) is 41.6. The van der Waals surface area contributed by atoms with Gasteiger partial charge >= 0.3 is 7.82 Å². The fourth-order valence-electron chi connectivity index (χ4n) is 6.04. The number of nitrogens with one attached hydrogen (secondary N) is 1. The van der Waals surface area contributed by atoms with E-state index >= 15 is 0 Å². The van der Waals surface area contributed by atoms with Crippen LogP contribution >= 0.6 is 7.82 Å². The van der Waals surface area contributed by atoms with Crippen molar-refractivity contribution in [2.45, 2.75) is 193 Å². The summed E-state index contributed by atoms with van der Waals surface area (Å²) in [5.41, 5.74) is 5.38. The minimum atomic E-state index is -4.34. The molecule has 0 aliphatic heterocycles. The smallest absolute Gasteiger partial charge is 0.391 e. The average Bonchev–Trinajstić information content (AvgIpc) is 3.17. The van der Waals surface area contributed by atoms with Gasteiger partial charge in [0.2, 0.25) is 5.91 Å². The molecule has 0 fully saturated rings. The third-order valence-electron chi connectivity index (χ3n) is 9.34. The van der Waals surface area contributed by atoms with E-state index in [1.165, 1.54) is 89.9 Å². The minimum Gasteiger partial charge on any atom is -0.391 e. The number of nitrogens with two attached hydrogens (primary N) is 1. The highest BCUT2D eigenvalue weighted by atomic mass is 31.2. The molecule has 0 aromatic rings. The number of carbonyl (C=O) groups excluding carboxylic acids is 1. The Hall–Kier alpha value is -2.06. The van der Waals surface area contributed by atoms with Crippen LogP contribution in [0.15, 0.2) is 72.9 Å². The Morgan fingerprint density at radius 3 is 1.44 bits per heavy atom. The number of amides is 1. The van der Waals surface area contributed by atoms with Crippen LogP contribution in [0.3, 0.4) is 0 Å². The van der Waals surface area contributed by atoms with E-state index in [9.17, 15) is 19.4 Å². The molecule has 0 radical (unpaired) electrons. The van der Waals surface area contributed by atoms with Crippen LogP contribution in [0.4, 0.5) is 0 Å². The molecule has 0 saturated heterocycles.